The van der Waals surface area contributed by atoms with Gasteiger partial charge in [-0.3, -0.25) is 33.7 Å². The van der Waals surface area contributed by atoms with Crippen LogP contribution in [-0.4, -0.2) is 65.8 Å². The Morgan fingerprint density at radius 1 is 0.788 bits per heavy atom. The van der Waals surface area contributed by atoms with Crippen molar-refractivity contribution in [2.75, 3.05) is 18.7 Å². The first-order chi connectivity index (χ1) is 24.6. The van der Waals surface area contributed by atoms with Crippen LogP contribution < -0.4 is 10.6 Å². The molecule has 1 heterocycles. The number of imide groups is 1. The molecule has 13 nitrogen and oxygen atoms in total. The van der Waals surface area contributed by atoms with E-state index in [4.69, 9.17) is 14.2 Å². The normalized spacial score (nSPS) is 13.8. The largest absolute Gasteiger partial charge is 0.460 e. The fraction of sp³-hybridized carbons (Fsp3) is 0.462. The molecule has 0 radical (unpaired) electrons. The number of ether oxygens (including phenoxy) is 3. The Morgan fingerprint density at radius 2 is 1.44 bits per heavy atom. The van der Waals surface area contributed by atoms with Gasteiger partial charge in [-0.25, -0.2) is 4.79 Å². The first-order valence-electron chi connectivity index (χ1n) is 17.4. The van der Waals surface area contributed by atoms with Crippen molar-refractivity contribution < 1.29 is 47.8 Å². The van der Waals surface area contributed by atoms with Gasteiger partial charge in [0, 0.05) is 43.1 Å². The number of nitrogens with one attached hydrogen (secondary N) is 2. The highest BCUT2D eigenvalue weighted by Crippen LogP contribution is 2.21. The van der Waals surface area contributed by atoms with Crippen molar-refractivity contribution in [3.8, 4) is 0 Å². The Balaban J connectivity index is 1.49. The van der Waals surface area contributed by atoms with E-state index in [0.29, 0.717) is 24.9 Å². The number of unbranched alkanes of at least 4 members (excludes halogenated alkanes) is 2. The third-order valence-electron chi connectivity index (χ3n) is 8.21. The summed E-state index contributed by atoms with van der Waals surface area (Å²) >= 11 is 0. The molecule has 0 fully saturated rings. The minimum atomic E-state index is -0.978. The Kier molecular flexibility index (Phi) is 15.7. The number of rotatable bonds is 19. The zero-order chi connectivity index (χ0) is 38.3. The number of amides is 4. The molecule has 280 valence electrons. The lowest BCUT2D eigenvalue weighted by Crippen LogP contribution is -2.46. The van der Waals surface area contributed by atoms with Gasteiger partial charge in [0.25, 0.3) is 11.8 Å². The average Bonchev–Trinajstić information content (AvgIpc) is 3.41. The minimum absolute atomic E-state index is 0.0557. The van der Waals surface area contributed by atoms with Gasteiger partial charge in [-0.05, 0) is 69.2 Å². The molecule has 2 aromatic carbocycles. The third kappa shape index (κ3) is 13.8. The van der Waals surface area contributed by atoms with Gasteiger partial charge in [0.05, 0.1) is 11.5 Å². The molecule has 0 saturated carbocycles. The van der Waals surface area contributed by atoms with Crippen LogP contribution in [0.25, 0.3) is 0 Å². The van der Waals surface area contributed by atoms with Gasteiger partial charge >= 0.3 is 18.0 Å². The zero-order valence-corrected chi connectivity index (χ0v) is 30.5. The molecule has 0 unspecified atom stereocenters. The fourth-order valence-electron chi connectivity index (χ4n) is 5.20. The Bertz CT molecular complexity index is 1580. The fourth-order valence-corrected chi connectivity index (χ4v) is 5.20. The summed E-state index contributed by atoms with van der Waals surface area (Å²) in [5, 5.41) is 5.42. The molecule has 0 aromatic heterocycles. The number of hydrogen-bond acceptors (Lipinski definition) is 10. The van der Waals surface area contributed by atoms with E-state index in [2.05, 4.69) is 10.6 Å². The van der Waals surface area contributed by atoms with E-state index >= 15 is 0 Å². The first kappa shape index (κ1) is 41.1. The monoisotopic (exact) mass is 719 g/mol. The summed E-state index contributed by atoms with van der Waals surface area (Å²) in [4.78, 5) is 88.2. The van der Waals surface area contributed by atoms with Crippen molar-refractivity contribution in [2.24, 2.45) is 17.3 Å². The molecule has 4 amide bonds. The van der Waals surface area contributed by atoms with Gasteiger partial charge in [0.1, 0.15) is 6.61 Å². The summed E-state index contributed by atoms with van der Waals surface area (Å²) in [5.74, 6) is -3.48. The molecule has 13 heteroatoms. The molecule has 1 aliphatic rings. The molecule has 2 aromatic rings. The standard InChI is InChI=1S/C39H49N3O10/c1-26(2)35(41-38(49)52-25-51-34(46)14-10-7-11-21-42-32(44)19-20-33(42)45)31(43)23-29(22-27-12-8-6-9-13-27)36(47)40-30-17-15-28(16-18-30)24-50-37(48)39(3,4)5/h6,8-9,12-13,15-20,26,29,35H,7,10-11,14,21-25H2,1-5H3,(H,40,47)(H,41,49)/t29-,35+/m1/s1. The number of hydrogen-bond donors (Lipinski definition) is 2. The average molecular weight is 720 g/mol. The Morgan fingerprint density at radius 3 is 2.06 bits per heavy atom. The molecule has 1 aliphatic heterocycles. The maximum Gasteiger partial charge on any atom is 0.410 e. The van der Waals surface area contributed by atoms with Gasteiger partial charge in [0.2, 0.25) is 12.7 Å². The van der Waals surface area contributed by atoms with E-state index in [0.717, 1.165) is 16.0 Å². The van der Waals surface area contributed by atoms with Crippen molar-refractivity contribution in [3.63, 3.8) is 0 Å². The number of anilines is 1. The number of carbonyl (C=O) groups excluding carboxylic acids is 7. The van der Waals surface area contributed by atoms with Gasteiger partial charge in [-0.2, -0.15) is 0 Å². The molecule has 3 rings (SSSR count). The van der Waals surface area contributed by atoms with Gasteiger partial charge in [0.15, 0.2) is 5.78 Å². The minimum Gasteiger partial charge on any atom is -0.460 e. The summed E-state index contributed by atoms with van der Waals surface area (Å²) < 4.78 is 15.3. The summed E-state index contributed by atoms with van der Waals surface area (Å²) in [7, 11) is 0. The predicted octanol–water partition coefficient (Wildman–Crippen LogP) is 5.27. The maximum absolute atomic E-state index is 13.6. The lowest BCUT2D eigenvalue weighted by Gasteiger charge is -2.24. The van der Waals surface area contributed by atoms with Crippen LogP contribution in [0, 0.1) is 17.3 Å². The number of ketones is 1. The second-order valence-electron chi connectivity index (χ2n) is 14.0. The summed E-state index contributed by atoms with van der Waals surface area (Å²) in [6.07, 6.45) is 3.22. The van der Waals surface area contributed by atoms with Crippen molar-refractivity contribution >= 4 is 47.2 Å². The molecule has 0 saturated heterocycles. The summed E-state index contributed by atoms with van der Waals surface area (Å²) in [5.41, 5.74) is 1.49. The Labute approximate surface area is 304 Å². The van der Waals surface area contributed by atoms with Crippen molar-refractivity contribution in [1.29, 1.82) is 0 Å². The Hall–Kier alpha value is -5.33. The zero-order valence-electron chi connectivity index (χ0n) is 30.5. The maximum atomic E-state index is 13.6. The molecule has 52 heavy (non-hydrogen) atoms. The quantitative estimate of drug-likeness (QED) is 0.0843. The molecule has 0 bridgehead atoms. The van der Waals surface area contributed by atoms with E-state index in [1.165, 1.54) is 12.2 Å². The van der Waals surface area contributed by atoms with Crippen molar-refractivity contribution in [3.05, 3.63) is 77.9 Å². The van der Waals surface area contributed by atoms with Crippen LogP contribution in [-0.2, 0) is 56.0 Å². The highest BCUT2D eigenvalue weighted by atomic mass is 16.7. The molecule has 0 spiro atoms. The molecule has 0 aliphatic carbocycles. The number of Topliss-reactive ketones (excluding diaryl/α,β-unsaturated/α-hetero) is 1. The van der Waals surface area contributed by atoms with E-state index in [-0.39, 0.29) is 67.8 Å². The molecule has 2 atom stereocenters. The number of nitrogens with zero attached hydrogens (tertiary/aromatic N) is 1. The van der Waals surface area contributed by atoms with E-state index < -0.39 is 36.2 Å². The van der Waals surface area contributed by atoms with Gasteiger partial charge in [-0.1, -0.05) is 62.7 Å². The van der Waals surface area contributed by atoms with Crippen LogP contribution in [0.2, 0.25) is 0 Å². The van der Waals surface area contributed by atoms with Crippen molar-refractivity contribution in [2.45, 2.75) is 85.8 Å². The number of benzene rings is 2. The van der Waals surface area contributed by atoms with Crippen LogP contribution in [0.15, 0.2) is 66.7 Å². The van der Waals surface area contributed by atoms with Crippen molar-refractivity contribution in [1.82, 2.24) is 10.2 Å². The van der Waals surface area contributed by atoms with Crippen LogP contribution in [0.1, 0.15) is 77.8 Å². The second kappa shape index (κ2) is 19.9. The van der Waals surface area contributed by atoms with Gasteiger partial charge in [-0.15, -0.1) is 0 Å². The topological polar surface area (TPSA) is 174 Å². The van der Waals surface area contributed by atoms with Crippen LogP contribution >= 0.6 is 0 Å². The van der Waals surface area contributed by atoms with Crippen LogP contribution in [0.3, 0.4) is 0 Å². The van der Waals surface area contributed by atoms with Gasteiger partial charge < -0.3 is 24.8 Å². The smallest absolute Gasteiger partial charge is 0.410 e. The number of alkyl carbamates (subject to hydrolysis) is 1. The van der Waals surface area contributed by atoms with E-state index in [9.17, 15) is 33.6 Å². The lowest BCUT2D eigenvalue weighted by molar-refractivity contribution is -0.154. The molecular formula is C39H49N3O10. The summed E-state index contributed by atoms with van der Waals surface area (Å²) in [6.45, 7) is 8.53. The second-order valence-corrected chi connectivity index (χ2v) is 14.0. The van der Waals surface area contributed by atoms with E-state index in [1.54, 1.807) is 58.9 Å². The predicted molar refractivity (Wildman–Crippen MR) is 191 cm³/mol. The molecular weight excluding hydrogens is 670 g/mol. The molecule has 2 N–H and O–H groups in total. The highest BCUT2D eigenvalue weighted by molar-refractivity contribution is 6.12. The van der Waals surface area contributed by atoms with E-state index in [1.807, 2.05) is 30.3 Å². The van der Waals surface area contributed by atoms with Crippen LogP contribution in [0.4, 0.5) is 10.5 Å². The lowest BCUT2D eigenvalue weighted by atomic mass is 9.88. The first-order valence-corrected chi connectivity index (χ1v) is 17.4. The SMILES string of the molecule is CC(C)[C@H](NC(=O)OCOC(=O)CCCCCN1C(=O)C=CC1=O)C(=O)C[C@@H](Cc1ccccc1)C(=O)Nc1ccc(COC(=O)C(C)(C)C)cc1. The third-order valence-corrected chi connectivity index (χ3v) is 8.21. The van der Waals surface area contributed by atoms with Crippen LogP contribution in [0.5, 0.6) is 0 Å². The number of esters is 2. The highest BCUT2D eigenvalue weighted by Gasteiger charge is 2.30. The number of carbonyl (C=O) groups is 7. The summed E-state index contributed by atoms with van der Waals surface area (Å²) in [6, 6.07) is 15.2.